The van der Waals surface area contributed by atoms with E-state index in [-0.39, 0.29) is 5.54 Å². The second-order valence-corrected chi connectivity index (χ2v) is 6.02. The van der Waals surface area contributed by atoms with Crippen LogP contribution in [0.2, 0.25) is 0 Å². The van der Waals surface area contributed by atoms with Gasteiger partial charge in [-0.1, -0.05) is 6.92 Å². The van der Waals surface area contributed by atoms with Crippen LogP contribution in [0.3, 0.4) is 0 Å². The van der Waals surface area contributed by atoms with Gasteiger partial charge in [0.25, 0.3) is 0 Å². The zero-order valence-electron chi connectivity index (χ0n) is 11.3. The van der Waals surface area contributed by atoms with Crippen LogP contribution in [0.1, 0.15) is 40.0 Å². The first-order valence-corrected chi connectivity index (χ1v) is 6.44. The molecule has 2 atom stereocenters. The summed E-state index contributed by atoms with van der Waals surface area (Å²) in [6.07, 6.45) is 4.00. The quantitative estimate of drug-likeness (QED) is 0.754. The van der Waals surface area contributed by atoms with E-state index in [9.17, 15) is 0 Å². The number of rotatable bonds is 6. The Hall–Kier alpha value is -0.120. The van der Waals surface area contributed by atoms with E-state index in [2.05, 4.69) is 25.7 Å². The molecule has 1 saturated carbocycles. The van der Waals surface area contributed by atoms with Gasteiger partial charge in [-0.05, 0) is 39.0 Å². The van der Waals surface area contributed by atoms with Gasteiger partial charge in [0, 0.05) is 31.8 Å². The summed E-state index contributed by atoms with van der Waals surface area (Å²) in [6.45, 7) is 9.33. The molecule has 1 aliphatic carbocycles. The average Bonchev–Trinajstić information content (AvgIpc) is 2.57. The van der Waals surface area contributed by atoms with Crippen molar-refractivity contribution in [1.82, 2.24) is 4.90 Å². The molecular weight excluding hydrogens is 200 g/mol. The molecule has 96 valence electrons. The van der Waals surface area contributed by atoms with Gasteiger partial charge in [-0.3, -0.25) is 4.90 Å². The van der Waals surface area contributed by atoms with Crippen LogP contribution >= 0.6 is 0 Å². The highest BCUT2D eigenvalue weighted by atomic mass is 16.5. The minimum absolute atomic E-state index is 0.112. The van der Waals surface area contributed by atoms with Crippen molar-refractivity contribution in [3.8, 4) is 0 Å². The second-order valence-electron chi connectivity index (χ2n) is 6.02. The minimum Gasteiger partial charge on any atom is -0.383 e. The summed E-state index contributed by atoms with van der Waals surface area (Å²) in [5.74, 6) is 0.871. The van der Waals surface area contributed by atoms with Gasteiger partial charge in [-0.15, -0.1) is 0 Å². The van der Waals surface area contributed by atoms with Crippen LogP contribution < -0.4 is 5.73 Å². The first kappa shape index (κ1) is 13.9. The molecule has 1 fully saturated rings. The van der Waals surface area contributed by atoms with Crippen molar-refractivity contribution < 1.29 is 4.74 Å². The number of methoxy groups -OCH3 is 1. The molecule has 2 N–H and O–H groups in total. The Labute approximate surface area is 100 Å². The van der Waals surface area contributed by atoms with Gasteiger partial charge in [0.15, 0.2) is 0 Å². The van der Waals surface area contributed by atoms with Crippen LogP contribution in [0.5, 0.6) is 0 Å². The molecule has 0 radical (unpaired) electrons. The van der Waals surface area contributed by atoms with Gasteiger partial charge in [0.1, 0.15) is 0 Å². The summed E-state index contributed by atoms with van der Waals surface area (Å²) in [6, 6.07) is 0.716. The first-order valence-electron chi connectivity index (χ1n) is 6.44. The molecule has 3 heteroatoms. The molecule has 0 aromatic carbocycles. The van der Waals surface area contributed by atoms with E-state index in [0.29, 0.717) is 6.04 Å². The zero-order chi connectivity index (χ0) is 12.2. The number of nitrogens with two attached hydrogens (primary N) is 1. The Morgan fingerprint density at radius 1 is 1.38 bits per heavy atom. The molecule has 0 spiro atoms. The molecule has 3 nitrogen and oxygen atoms in total. The van der Waals surface area contributed by atoms with E-state index >= 15 is 0 Å². The average molecular weight is 228 g/mol. The smallest absolute Gasteiger partial charge is 0.0589 e. The van der Waals surface area contributed by atoms with Crippen molar-refractivity contribution in [2.45, 2.75) is 51.6 Å². The maximum atomic E-state index is 6.13. The van der Waals surface area contributed by atoms with E-state index in [1.54, 1.807) is 7.11 Å². The standard InChI is InChI=1S/C13H28N2O/c1-11-5-6-12(9-11)15(7-8-16-4)10-13(2,3)14/h11-12H,5-10,14H2,1-4H3. The lowest BCUT2D eigenvalue weighted by Gasteiger charge is -2.34. The summed E-state index contributed by atoms with van der Waals surface area (Å²) in [5.41, 5.74) is 6.02. The Bertz CT molecular complexity index is 201. The van der Waals surface area contributed by atoms with Crippen LogP contribution in [-0.2, 0) is 4.74 Å². The van der Waals surface area contributed by atoms with E-state index in [1.165, 1.54) is 19.3 Å². The maximum Gasteiger partial charge on any atom is 0.0589 e. The number of ether oxygens (including phenoxy) is 1. The summed E-state index contributed by atoms with van der Waals surface area (Å²) in [7, 11) is 1.77. The van der Waals surface area contributed by atoms with Gasteiger partial charge < -0.3 is 10.5 Å². The Balaban J connectivity index is 2.49. The molecule has 2 unspecified atom stereocenters. The zero-order valence-corrected chi connectivity index (χ0v) is 11.3. The molecule has 1 rings (SSSR count). The molecule has 0 aliphatic heterocycles. The predicted octanol–water partition coefficient (Wildman–Crippen LogP) is 1.86. The Morgan fingerprint density at radius 2 is 2.06 bits per heavy atom. The largest absolute Gasteiger partial charge is 0.383 e. The van der Waals surface area contributed by atoms with Gasteiger partial charge >= 0.3 is 0 Å². The first-order chi connectivity index (χ1) is 7.42. The lowest BCUT2D eigenvalue weighted by atomic mass is 10.0. The summed E-state index contributed by atoms with van der Waals surface area (Å²) >= 11 is 0. The highest BCUT2D eigenvalue weighted by Gasteiger charge is 2.29. The number of hydrogen-bond acceptors (Lipinski definition) is 3. The molecule has 0 saturated heterocycles. The van der Waals surface area contributed by atoms with Gasteiger partial charge in [-0.2, -0.15) is 0 Å². The van der Waals surface area contributed by atoms with Crippen molar-refractivity contribution in [1.29, 1.82) is 0 Å². The Kier molecular flexibility index (Phi) is 5.22. The van der Waals surface area contributed by atoms with Crippen molar-refractivity contribution in [2.75, 3.05) is 26.8 Å². The third kappa shape index (κ3) is 4.81. The third-order valence-electron chi connectivity index (χ3n) is 3.38. The lowest BCUT2D eigenvalue weighted by Crippen LogP contribution is -2.49. The molecule has 0 amide bonds. The van der Waals surface area contributed by atoms with Gasteiger partial charge in [-0.25, -0.2) is 0 Å². The number of nitrogens with zero attached hydrogens (tertiary/aromatic N) is 1. The van der Waals surface area contributed by atoms with E-state index in [4.69, 9.17) is 10.5 Å². The monoisotopic (exact) mass is 228 g/mol. The van der Waals surface area contributed by atoms with E-state index in [0.717, 1.165) is 25.6 Å². The van der Waals surface area contributed by atoms with Crippen LogP contribution in [0.4, 0.5) is 0 Å². The topological polar surface area (TPSA) is 38.5 Å². The highest BCUT2D eigenvalue weighted by Crippen LogP contribution is 2.29. The maximum absolute atomic E-state index is 6.13. The van der Waals surface area contributed by atoms with Crippen molar-refractivity contribution in [3.63, 3.8) is 0 Å². The minimum atomic E-state index is -0.112. The summed E-state index contributed by atoms with van der Waals surface area (Å²) in [5, 5.41) is 0. The van der Waals surface area contributed by atoms with Crippen molar-refractivity contribution >= 4 is 0 Å². The fourth-order valence-electron chi connectivity index (χ4n) is 2.63. The fourth-order valence-corrected chi connectivity index (χ4v) is 2.63. The van der Waals surface area contributed by atoms with Gasteiger partial charge in [0.05, 0.1) is 6.61 Å². The Morgan fingerprint density at radius 3 is 2.50 bits per heavy atom. The fraction of sp³-hybridized carbons (Fsp3) is 1.00. The third-order valence-corrected chi connectivity index (χ3v) is 3.38. The van der Waals surface area contributed by atoms with Crippen LogP contribution in [0, 0.1) is 5.92 Å². The molecule has 16 heavy (non-hydrogen) atoms. The van der Waals surface area contributed by atoms with Crippen molar-refractivity contribution in [3.05, 3.63) is 0 Å². The van der Waals surface area contributed by atoms with Crippen LogP contribution in [-0.4, -0.2) is 43.3 Å². The number of hydrogen-bond donors (Lipinski definition) is 1. The van der Waals surface area contributed by atoms with Gasteiger partial charge in [0.2, 0.25) is 0 Å². The predicted molar refractivity (Wildman–Crippen MR) is 68.5 cm³/mol. The summed E-state index contributed by atoms with van der Waals surface area (Å²) < 4.78 is 5.19. The second kappa shape index (κ2) is 5.99. The van der Waals surface area contributed by atoms with Crippen LogP contribution in [0.25, 0.3) is 0 Å². The van der Waals surface area contributed by atoms with Crippen molar-refractivity contribution in [2.24, 2.45) is 11.7 Å². The SMILES string of the molecule is COCCN(CC(C)(C)N)C1CCC(C)C1. The molecule has 1 aliphatic rings. The van der Waals surface area contributed by atoms with E-state index in [1.807, 2.05) is 0 Å². The summed E-state index contributed by atoms with van der Waals surface area (Å²) in [4.78, 5) is 2.52. The normalized spacial score (nSPS) is 26.6. The van der Waals surface area contributed by atoms with E-state index < -0.39 is 0 Å². The molecule has 0 aromatic rings. The molecule has 0 aromatic heterocycles. The molecule has 0 heterocycles. The molecular formula is C13H28N2O. The molecule has 0 bridgehead atoms. The highest BCUT2D eigenvalue weighted by molar-refractivity contribution is 4.86. The van der Waals surface area contributed by atoms with Crippen LogP contribution in [0.15, 0.2) is 0 Å². The lowest BCUT2D eigenvalue weighted by molar-refractivity contribution is 0.104.